The molecule has 2 rings (SSSR count). The monoisotopic (exact) mass is 246 g/mol. The molecule has 2 aliphatic heterocycles. The zero-order valence-corrected chi connectivity index (χ0v) is 8.52. The van der Waals surface area contributed by atoms with Crippen LogP contribution < -0.4 is 5.56 Å². The second-order valence-electron chi connectivity index (χ2n) is 3.54. The Bertz CT molecular complexity index is 603. The lowest BCUT2D eigenvalue weighted by molar-refractivity contribution is -0.141. The van der Waals surface area contributed by atoms with E-state index in [0.29, 0.717) is 6.07 Å². The van der Waals surface area contributed by atoms with Crippen LogP contribution in [0.4, 0.5) is 17.6 Å². The van der Waals surface area contributed by atoms with Crippen molar-refractivity contribution in [2.75, 3.05) is 0 Å². The molecule has 0 saturated heterocycles. The van der Waals surface area contributed by atoms with E-state index < -0.39 is 29.1 Å². The second kappa shape index (κ2) is 3.54. The first kappa shape index (κ1) is 11.6. The Morgan fingerprint density at radius 2 is 1.94 bits per heavy atom. The van der Waals surface area contributed by atoms with E-state index in [1.54, 1.807) is 0 Å². The maximum Gasteiger partial charge on any atom is 0.431 e. The van der Waals surface area contributed by atoms with Crippen LogP contribution in [0.2, 0.25) is 0 Å². The third-order valence-corrected chi connectivity index (χ3v) is 2.25. The van der Waals surface area contributed by atoms with Crippen LogP contribution in [0.3, 0.4) is 0 Å². The summed E-state index contributed by atoms with van der Waals surface area (Å²) in [5, 5.41) is 0. The molecule has 0 spiro atoms. The highest BCUT2D eigenvalue weighted by Gasteiger charge is 2.33. The summed E-state index contributed by atoms with van der Waals surface area (Å²) in [6.45, 7) is 1.41. The summed E-state index contributed by atoms with van der Waals surface area (Å²) in [6, 6.07) is 1.50. The zero-order chi connectivity index (χ0) is 12.8. The van der Waals surface area contributed by atoms with E-state index in [-0.39, 0.29) is 11.1 Å². The molecule has 0 fully saturated rings. The van der Waals surface area contributed by atoms with Crippen molar-refractivity contribution in [2.24, 2.45) is 0 Å². The molecule has 3 nitrogen and oxygen atoms in total. The highest BCUT2D eigenvalue weighted by Crippen LogP contribution is 2.31. The Hall–Kier alpha value is -1.92. The molecule has 2 heterocycles. The van der Waals surface area contributed by atoms with Crippen molar-refractivity contribution in [3.63, 3.8) is 0 Å². The first-order valence-electron chi connectivity index (χ1n) is 4.56. The van der Waals surface area contributed by atoms with Crippen LogP contribution in [0.15, 0.2) is 16.9 Å². The number of pyridine rings is 2. The molecule has 2 aliphatic rings. The molecule has 0 bridgehead atoms. The first-order chi connectivity index (χ1) is 7.79. The van der Waals surface area contributed by atoms with Gasteiger partial charge in [-0.1, -0.05) is 0 Å². The van der Waals surface area contributed by atoms with E-state index in [1.165, 1.54) is 6.92 Å². The van der Waals surface area contributed by atoms with Crippen molar-refractivity contribution < 1.29 is 17.6 Å². The average Bonchev–Trinajstić information content (AvgIpc) is 2.19. The minimum atomic E-state index is -4.72. The number of rotatable bonds is 0. The van der Waals surface area contributed by atoms with Gasteiger partial charge in [-0.15, -0.1) is 0 Å². The van der Waals surface area contributed by atoms with Gasteiger partial charge in [-0.3, -0.25) is 4.79 Å². The number of aromatic amines is 1. The van der Waals surface area contributed by atoms with Crippen LogP contribution in [-0.4, -0.2) is 9.97 Å². The van der Waals surface area contributed by atoms with E-state index in [0.717, 1.165) is 6.07 Å². The molecular weight excluding hydrogens is 240 g/mol. The number of alkyl halides is 3. The first-order valence-corrected chi connectivity index (χ1v) is 4.56. The third kappa shape index (κ3) is 2.00. The highest BCUT2D eigenvalue weighted by atomic mass is 19.4. The van der Waals surface area contributed by atoms with Crippen molar-refractivity contribution in [3.05, 3.63) is 39.6 Å². The summed E-state index contributed by atoms with van der Waals surface area (Å²) in [4.78, 5) is 16.4. The minimum Gasteiger partial charge on any atom is -0.335 e. The Balaban J connectivity index is 2.79. The summed E-state index contributed by atoms with van der Waals surface area (Å²) < 4.78 is 50.5. The fourth-order valence-electron chi connectivity index (χ4n) is 1.39. The van der Waals surface area contributed by atoms with Crippen molar-refractivity contribution in [3.8, 4) is 11.4 Å². The third-order valence-electron chi connectivity index (χ3n) is 2.25. The van der Waals surface area contributed by atoms with Gasteiger partial charge in [-0.2, -0.15) is 18.2 Å². The molecule has 0 aromatic heterocycles. The van der Waals surface area contributed by atoms with Gasteiger partial charge in [0.25, 0.3) is 5.56 Å². The van der Waals surface area contributed by atoms with Gasteiger partial charge in [0.05, 0.1) is 5.56 Å². The number of fused-ring (bicyclic) bond motifs is 1. The smallest absolute Gasteiger partial charge is 0.335 e. The fourth-order valence-corrected chi connectivity index (χ4v) is 1.39. The SMILES string of the molecule is Cc1cc2c(F)cc(C(F)(F)F)[nH]c-2nc1=O. The standard InChI is InChI=1S/C10H6F4N2O/c1-4-2-5-6(11)3-7(10(12,13)14)15-8(5)16-9(4)17/h2-3H,1H3,(H,15,16,17). The molecule has 1 N–H and O–H groups in total. The maximum atomic E-state index is 13.4. The predicted octanol–water partition coefficient (Wildman–Crippen LogP) is 2.34. The van der Waals surface area contributed by atoms with E-state index in [9.17, 15) is 22.4 Å². The Morgan fingerprint density at radius 3 is 2.53 bits per heavy atom. The number of nitrogens with one attached hydrogen (secondary N) is 1. The van der Waals surface area contributed by atoms with Crippen LogP contribution >= 0.6 is 0 Å². The van der Waals surface area contributed by atoms with Crippen molar-refractivity contribution in [1.29, 1.82) is 0 Å². The molecule has 0 aromatic carbocycles. The van der Waals surface area contributed by atoms with E-state index in [4.69, 9.17) is 0 Å². The summed E-state index contributed by atoms with van der Waals surface area (Å²) >= 11 is 0. The number of H-pyrrole nitrogens is 1. The van der Waals surface area contributed by atoms with E-state index >= 15 is 0 Å². The van der Waals surface area contributed by atoms with Crippen LogP contribution in [0.5, 0.6) is 0 Å². The van der Waals surface area contributed by atoms with Crippen LogP contribution in [0, 0.1) is 12.7 Å². The Kier molecular flexibility index (Phi) is 2.41. The maximum absolute atomic E-state index is 13.4. The van der Waals surface area contributed by atoms with Crippen molar-refractivity contribution >= 4 is 0 Å². The molecule has 0 saturated carbocycles. The van der Waals surface area contributed by atoms with Crippen LogP contribution in [-0.2, 0) is 6.18 Å². The predicted molar refractivity (Wildman–Crippen MR) is 51.2 cm³/mol. The van der Waals surface area contributed by atoms with E-state index in [2.05, 4.69) is 4.98 Å². The van der Waals surface area contributed by atoms with Gasteiger partial charge in [0.1, 0.15) is 17.3 Å². The Labute approximate surface area is 92.5 Å². The molecule has 0 aliphatic carbocycles. The van der Waals surface area contributed by atoms with Crippen molar-refractivity contribution in [2.45, 2.75) is 13.1 Å². The molecular formula is C10H6F4N2O. The summed E-state index contributed by atoms with van der Waals surface area (Å²) in [6.07, 6.45) is -4.72. The lowest BCUT2D eigenvalue weighted by Gasteiger charge is -2.12. The fraction of sp³-hybridized carbons (Fsp3) is 0.200. The van der Waals surface area contributed by atoms with Gasteiger partial charge in [0, 0.05) is 11.6 Å². The van der Waals surface area contributed by atoms with Crippen LogP contribution in [0.25, 0.3) is 11.4 Å². The number of hydrogen-bond donors (Lipinski definition) is 1. The molecule has 90 valence electrons. The molecule has 0 radical (unpaired) electrons. The lowest BCUT2D eigenvalue weighted by Crippen LogP contribution is -2.16. The van der Waals surface area contributed by atoms with Gasteiger partial charge in [-0.25, -0.2) is 4.39 Å². The summed E-state index contributed by atoms with van der Waals surface area (Å²) in [5.41, 5.74) is -1.94. The van der Waals surface area contributed by atoms with Gasteiger partial charge in [0.15, 0.2) is 0 Å². The lowest BCUT2D eigenvalue weighted by atomic mass is 10.1. The number of aryl methyl sites for hydroxylation is 1. The zero-order valence-electron chi connectivity index (χ0n) is 8.52. The molecule has 0 unspecified atom stereocenters. The molecule has 7 heteroatoms. The minimum absolute atomic E-state index is 0.143. The highest BCUT2D eigenvalue weighted by molar-refractivity contribution is 5.58. The van der Waals surface area contributed by atoms with Crippen LogP contribution in [0.1, 0.15) is 11.3 Å². The number of hydrogen-bond acceptors (Lipinski definition) is 2. The van der Waals surface area contributed by atoms with Gasteiger partial charge in [0.2, 0.25) is 0 Å². The number of nitrogens with zero attached hydrogens (tertiary/aromatic N) is 1. The van der Waals surface area contributed by atoms with Gasteiger partial charge >= 0.3 is 6.18 Å². The quantitative estimate of drug-likeness (QED) is 0.725. The largest absolute Gasteiger partial charge is 0.431 e. The second-order valence-corrected chi connectivity index (χ2v) is 3.54. The molecule has 0 amide bonds. The van der Waals surface area contributed by atoms with Gasteiger partial charge in [-0.05, 0) is 13.0 Å². The Morgan fingerprint density at radius 1 is 1.29 bits per heavy atom. The topological polar surface area (TPSA) is 45.8 Å². The molecule has 17 heavy (non-hydrogen) atoms. The normalized spacial score (nSPS) is 12.1. The number of halogens is 4. The molecule has 0 aromatic rings. The van der Waals surface area contributed by atoms with Crippen molar-refractivity contribution in [1.82, 2.24) is 9.97 Å². The average molecular weight is 246 g/mol. The van der Waals surface area contributed by atoms with E-state index in [1.807, 2.05) is 4.98 Å². The van der Waals surface area contributed by atoms with Gasteiger partial charge < -0.3 is 4.98 Å². The summed E-state index contributed by atoms with van der Waals surface area (Å²) in [7, 11) is 0. The summed E-state index contributed by atoms with van der Waals surface area (Å²) in [5.74, 6) is -1.48. The number of aromatic nitrogens is 2. The molecule has 0 atom stereocenters.